The maximum atomic E-state index is 10.4. The van der Waals surface area contributed by atoms with E-state index in [2.05, 4.69) is 22.2 Å². The van der Waals surface area contributed by atoms with Gasteiger partial charge in [-0.15, -0.1) is 0 Å². The van der Waals surface area contributed by atoms with E-state index in [0.717, 1.165) is 31.6 Å². The molecule has 0 amide bonds. The highest BCUT2D eigenvalue weighted by Gasteiger charge is 2.32. The van der Waals surface area contributed by atoms with Crippen LogP contribution in [0.1, 0.15) is 39.0 Å². The molecule has 0 spiro atoms. The van der Waals surface area contributed by atoms with Crippen molar-refractivity contribution in [2.75, 3.05) is 11.9 Å². The van der Waals surface area contributed by atoms with Crippen LogP contribution in [0.15, 0.2) is 18.5 Å². The van der Waals surface area contributed by atoms with Gasteiger partial charge in [0, 0.05) is 18.9 Å². The van der Waals surface area contributed by atoms with Crippen LogP contribution in [0.2, 0.25) is 0 Å². The van der Waals surface area contributed by atoms with Crippen molar-refractivity contribution in [1.82, 2.24) is 9.97 Å². The van der Waals surface area contributed by atoms with Crippen LogP contribution in [-0.2, 0) is 0 Å². The smallest absolute Gasteiger partial charge is 0.222 e. The normalized spacial score (nSPS) is 28.9. The Bertz CT molecular complexity index is 334. The van der Waals surface area contributed by atoms with Gasteiger partial charge in [-0.05, 0) is 37.7 Å². The fourth-order valence-electron chi connectivity index (χ4n) is 2.43. The molecule has 2 N–H and O–H groups in total. The van der Waals surface area contributed by atoms with Gasteiger partial charge in [-0.2, -0.15) is 0 Å². The molecule has 1 saturated carbocycles. The van der Waals surface area contributed by atoms with Crippen molar-refractivity contribution < 1.29 is 5.11 Å². The SMILES string of the molecule is CCC1CCC(O)(CNc2ncccn2)CC1. The van der Waals surface area contributed by atoms with Crippen LogP contribution in [0.5, 0.6) is 0 Å². The average Bonchev–Trinajstić information content (AvgIpc) is 2.39. The van der Waals surface area contributed by atoms with Crippen LogP contribution in [0, 0.1) is 5.92 Å². The summed E-state index contributed by atoms with van der Waals surface area (Å²) < 4.78 is 0. The minimum atomic E-state index is -0.579. The van der Waals surface area contributed by atoms with Crippen LogP contribution in [0.3, 0.4) is 0 Å². The largest absolute Gasteiger partial charge is 0.388 e. The Morgan fingerprint density at radius 2 is 2.00 bits per heavy atom. The van der Waals surface area contributed by atoms with Gasteiger partial charge in [-0.25, -0.2) is 9.97 Å². The molecular weight excluding hydrogens is 214 g/mol. The fourth-order valence-corrected chi connectivity index (χ4v) is 2.43. The summed E-state index contributed by atoms with van der Waals surface area (Å²) in [7, 11) is 0. The second-order valence-corrected chi connectivity index (χ2v) is 5.00. The molecule has 0 aromatic carbocycles. The van der Waals surface area contributed by atoms with E-state index in [1.165, 1.54) is 6.42 Å². The second kappa shape index (κ2) is 5.45. The number of rotatable bonds is 4. The van der Waals surface area contributed by atoms with E-state index in [9.17, 15) is 5.11 Å². The van der Waals surface area contributed by atoms with Gasteiger partial charge >= 0.3 is 0 Å². The van der Waals surface area contributed by atoms with E-state index in [-0.39, 0.29) is 0 Å². The summed E-state index contributed by atoms with van der Waals surface area (Å²) in [6.45, 7) is 2.78. The lowest BCUT2D eigenvalue weighted by Gasteiger charge is -2.35. The third-order valence-electron chi connectivity index (χ3n) is 3.75. The van der Waals surface area contributed by atoms with Gasteiger partial charge < -0.3 is 10.4 Å². The predicted octanol–water partition coefficient (Wildman–Crippen LogP) is 2.22. The minimum Gasteiger partial charge on any atom is -0.388 e. The molecule has 0 saturated heterocycles. The molecule has 1 fully saturated rings. The lowest BCUT2D eigenvalue weighted by Crippen LogP contribution is -2.40. The highest BCUT2D eigenvalue weighted by atomic mass is 16.3. The van der Waals surface area contributed by atoms with Crippen LogP contribution >= 0.6 is 0 Å². The summed E-state index contributed by atoms with van der Waals surface area (Å²) in [6.07, 6.45) is 8.65. The standard InChI is InChI=1S/C13H21N3O/c1-2-11-4-6-13(17,7-5-11)10-16-12-14-8-3-9-15-12/h3,8-9,11,17H,2,4-7,10H2,1H3,(H,14,15,16). The molecule has 2 rings (SSSR count). The van der Waals surface area contributed by atoms with Crippen molar-refractivity contribution in [2.45, 2.75) is 44.6 Å². The molecular formula is C13H21N3O. The quantitative estimate of drug-likeness (QED) is 0.840. The summed E-state index contributed by atoms with van der Waals surface area (Å²) in [6, 6.07) is 1.78. The maximum absolute atomic E-state index is 10.4. The Labute approximate surface area is 102 Å². The van der Waals surface area contributed by atoms with Gasteiger partial charge in [0.1, 0.15) is 0 Å². The first-order valence-corrected chi connectivity index (χ1v) is 6.45. The summed E-state index contributed by atoms with van der Waals surface area (Å²) in [4.78, 5) is 8.18. The van der Waals surface area contributed by atoms with E-state index < -0.39 is 5.60 Å². The van der Waals surface area contributed by atoms with Crippen LogP contribution in [-0.4, -0.2) is 27.2 Å². The minimum absolute atomic E-state index is 0.549. The van der Waals surface area contributed by atoms with Gasteiger partial charge in [0.15, 0.2) is 0 Å². The highest BCUT2D eigenvalue weighted by Crippen LogP contribution is 2.33. The first-order chi connectivity index (χ1) is 8.22. The van der Waals surface area contributed by atoms with Crippen molar-refractivity contribution in [3.05, 3.63) is 18.5 Å². The molecule has 1 aliphatic carbocycles. The molecule has 0 unspecified atom stereocenters. The summed E-state index contributed by atoms with van der Waals surface area (Å²) in [5, 5.41) is 13.5. The molecule has 4 heteroatoms. The highest BCUT2D eigenvalue weighted by molar-refractivity contribution is 5.23. The molecule has 1 aliphatic rings. The molecule has 1 aromatic heterocycles. The number of hydrogen-bond donors (Lipinski definition) is 2. The van der Waals surface area contributed by atoms with Gasteiger partial charge in [0.25, 0.3) is 0 Å². The average molecular weight is 235 g/mol. The molecule has 17 heavy (non-hydrogen) atoms. The van der Waals surface area contributed by atoms with E-state index in [0.29, 0.717) is 12.5 Å². The molecule has 0 radical (unpaired) electrons. The number of anilines is 1. The van der Waals surface area contributed by atoms with Crippen LogP contribution in [0.4, 0.5) is 5.95 Å². The Balaban J connectivity index is 1.83. The van der Waals surface area contributed by atoms with Crippen LogP contribution in [0.25, 0.3) is 0 Å². The zero-order chi connectivity index (χ0) is 12.1. The van der Waals surface area contributed by atoms with Crippen molar-refractivity contribution in [3.63, 3.8) is 0 Å². The zero-order valence-corrected chi connectivity index (χ0v) is 10.4. The zero-order valence-electron chi connectivity index (χ0n) is 10.4. The van der Waals surface area contributed by atoms with Crippen molar-refractivity contribution >= 4 is 5.95 Å². The molecule has 4 nitrogen and oxygen atoms in total. The van der Waals surface area contributed by atoms with Crippen molar-refractivity contribution in [2.24, 2.45) is 5.92 Å². The molecule has 0 bridgehead atoms. The molecule has 0 aliphatic heterocycles. The third kappa shape index (κ3) is 3.40. The Hall–Kier alpha value is -1.16. The summed E-state index contributed by atoms with van der Waals surface area (Å²) in [5.41, 5.74) is -0.579. The predicted molar refractivity (Wildman–Crippen MR) is 67.7 cm³/mol. The maximum Gasteiger partial charge on any atom is 0.222 e. The van der Waals surface area contributed by atoms with Crippen molar-refractivity contribution in [3.8, 4) is 0 Å². The number of hydrogen-bond acceptors (Lipinski definition) is 4. The second-order valence-electron chi connectivity index (χ2n) is 5.00. The number of aromatic nitrogens is 2. The van der Waals surface area contributed by atoms with Gasteiger partial charge in [-0.3, -0.25) is 0 Å². The molecule has 1 heterocycles. The van der Waals surface area contributed by atoms with E-state index in [4.69, 9.17) is 0 Å². The molecule has 0 atom stereocenters. The molecule has 1 aromatic rings. The summed E-state index contributed by atoms with van der Waals surface area (Å²) in [5.74, 6) is 1.39. The molecule has 94 valence electrons. The number of aliphatic hydroxyl groups is 1. The van der Waals surface area contributed by atoms with Crippen molar-refractivity contribution in [1.29, 1.82) is 0 Å². The van der Waals surface area contributed by atoms with E-state index in [1.807, 2.05) is 0 Å². The van der Waals surface area contributed by atoms with Gasteiger partial charge in [0.05, 0.1) is 5.60 Å². The fraction of sp³-hybridized carbons (Fsp3) is 0.692. The lowest BCUT2D eigenvalue weighted by molar-refractivity contribution is 0.00216. The Morgan fingerprint density at radius 1 is 1.35 bits per heavy atom. The van der Waals surface area contributed by atoms with Crippen LogP contribution < -0.4 is 5.32 Å². The van der Waals surface area contributed by atoms with Gasteiger partial charge in [-0.1, -0.05) is 13.3 Å². The van der Waals surface area contributed by atoms with E-state index >= 15 is 0 Å². The number of nitrogens with one attached hydrogen (secondary N) is 1. The topological polar surface area (TPSA) is 58.0 Å². The summed E-state index contributed by atoms with van der Waals surface area (Å²) >= 11 is 0. The lowest BCUT2D eigenvalue weighted by atomic mass is 9.78. The Morgan fingerprint density at radius 3 is 2.59 bits per heavy atom. The monoisotopic (exact) mass is 235 g/mol. The van der Waals surface area contributed by atoms with E-state index in [1.54, 1.807) is 18.5 Å². The Kier molecular flexibility index (Phi) is 3.94. The first kappa shape index (κ1) is 12.3. The first-order valence-electron chi connectivity index (χ1n) is 6.45. The van der Waals surface area contributed by atoms with Gasteiger partial charge in [0.2, 0.25) is 5.95 Å². The third-order valence-corrected chi connectivity index (χ3v) is 3.75. The number of nitrogens with zero attached hydrogens (tertiary/aromatic N) is 2.